The summed E-state index contributed by atoms with van der Waals surface area (Å²) >= 11 is 0. The molecule has 0 saturated heterocycles. The summed E-state index contributed by atoms with van der Waals surface area (Å²) in [5.74, 6) is 0.751. The molecule has 0 heterocycles. The lowest BCUT2D eigenvalue weighted by atomic mass is 10.1. The van der Waals surface area contributed by atoms with Crippen LogP contribution in [0, 0.1) is 0 Å². The highest BCUT2D eigenvalue weighted by molar-refractivity contribution is 14.0. The summed E-state index contributed by atoms with van der Waals surface area (Å²) < 4.78 is 0. The number of nitrogens with one attached hydrogen (secondary N) is 3. The number of amides is 1. The third-order valence-corrected chi connectivity index (χ3v) is 4.38. The predicted octanol–water partition coefficient (Wildman–Crippen LogP) is 3.62. The fraction of sp³-hybridized carbons (Fsp3) is 0.391. The molecule has 2 aromatic carbocycles. The first-order chi connectivity index (χ1) is 14.0. The Morgan fingerprint density at radius 2 is 1.73 bits per heavy atom. The van der Waals surface area contributed by atoms with Crippen molar-refractivity contribution in [2.75, 3.05) is 32.5 Å². The number of hydrogen-bond acceptors (Lipinski definition) is 3. The summed E-state index contributed by atoms with van der Waals surface area (Å²) in [6.07, 6.45) is 1.01. The largest absolute Gasteiger partial charge is 0.357 e. The lowest BCUT2D eigenvalue weighted by Gasteiger charge is -2.14. The Kier molecular flexibility index (Phi) is 12.1. The fourth-order valence-electron chi connectivity index (χ4n) is 3.00. The number of carbonyl (C=O) groups excluding carboxylic acids is 1. The van der Waals surface area contributed by atoms with E-state index in [0.29, 0.717) is 13.1 Å². The van der Waals surface area contributed by atoms with E-state index in [1.54, 1.807) is 0 Å². The Morgan fingerprint density at radius 1 is 1.00 bits per heavy atom. The predicted molar refractivity (Wildman–Crippen MR) is 137 cm³/mol. The molecule has 2 aromatic rings. The van der Waals surface area contributed by atoms with E-state index in [0.717, 1.165) is 36.7 Å². The molecular formula is C23H34IN5O. The topological polar surface area (TPSA) is 68.8 Å². The number of likely N-dealkylation sites (N-methyl/N-ethyl adjacent to an activating group) is 1. The summed E-state index contributed by atoms with van der Waals surface area (Å²) in [5.41, 5.74) is 4.46. The number of hydrogen-bond donors (Lipinski definition) is 3. The molecular weight excluding hydrogens is 489 g/mol. The van der Waals surface area contributed by atoms with Crippen LogP contribution in [0.3, 0.4) is 0 Å². The van der Waals surface area contributed by atoms with Gasteiger partial charge in [0.05, 0.1) is 13.1 Å². The molecule has 0 radical (unpaired) electrons. The zero-order chi connectivity index (χ0) is 21.1. The smallest absolute Gasteiger partial charge is 0.238 e. The first-order valence-electron chi connectivity index (χ1n) is 10.1. The van der Waals surface area contributed by atoms with Crippen LogP contribution in [0.2, 0.25) is 0 Å². The van der Waals surface area contributed by atoms with Gasteiger partial charge in [-0.1, -0.05) is 43.3 Å². The number of rotatable bonds is 9. The molecule has 0 aromatic heterocycles. The number of carbonyl (C=O) groups is 1. The molecule has 0 saturated carbocycles. The fourth-order valence-corrected chi connectivity index (χ4v) is 3.00. The van der Waals surface area contributed by atoms with Crippen LogP contribution in [0.1, 0.15) is 30.5 Å². The Bertz CT molecular complexity index is 823. The van der Waals surface area contributed by atoms with Crippen LogP contribution in [0.4, 0.5) is 5.69 Å². The Labute approximate surface area is 197 Å². The Morgan fingerprint density at radius 3 is 2.40 bits per heavy atom. The lowest BCUT2D eigenvalue weighted by Crippen LogP contribution is -2.37. The van der Waals surface area contributed by atoms with E-state index in [1.165, 1.54) is 11.1 Å². The summed E-state index contributed by atoms with van der Waals surface area (Å²) in [7, 11) is 3.75. The highest BCUT2D eigenvalue weighted by Gasteiger charge is 2.05. The molecule has 0 aliphatic rings. The van der Waals surface area contributed by atoms with Gasteiger partial charge in [-0.2, -0.15) is 0 Å². The number of benzene rings is 2. The van der Waals surface area contributed by atoms with Crippen molar-refractivity contribution >= 4 is 41.5 Å². The van der Waals surface area contributed by atoms with Gasteiger partial charge in [-0.25, -0.2) is 4.99 Å². The van der Waals surface area contributed by atoms with Crippen molar-refractivity contribution < 1.29 is 4.79 Å². The lowest BCUT2D eigenvalue weighted by molar-refractivity contribution is -0.116. The van der Waals surface area contributed by atoms with E-state index in [1.807, 2.05) is 43.3 Å². The minimum atomic E-state index is -0.0275. The Balaban J connectivity index is 0.00000450. The standard InChI is InChI=1S/C23H33N5O.HI/c1-5-19-11-7-8-12-20(19)16-26-23(24-6-2)25-15-18-10-9-13-21(14-18)27-22(29)17-28(3)4;/h7-14H,5-6,15-17H2,1-4H3,(H,27,29)(H2,24,25,26);1H. The van der Waals surface area contributed by atoms with Crippen molar-refractivity contribution in [3.63, 3.8) is 0 Å². The molecule has 0 fully saturated rings. The molecule has 0 aliphatic heterocycles. The molecule has 0 aliphatic carbocycles. The number of aliphatic imine (C=N–C) groups is 1. The second kappa shape index (κ2) is 14.0. The van der Waals surface area contributed by atoms with Crippen LogP contribution in [0.15, 0.2) is 53.5 Å². The molecule has 7 heteroatoms. The molecule has 6 nitrogen and oxygen atoms in total. The van der Waals surface area contributed by atoms with E-state index in [2.05, 4.69) is 54.1 Å². The molecule has 1 amide bonds. The van der Waals surface area contributed by atoms with Crippen molar-refractivity contribution in [2.24, 2.45) is 4.99 Å². The van der Waals surface area contributed by atoms with Crippen LogP contribution >= 0.6 is 24.0 Å². The first-order valence-corrected chi connectivity index (χ1v) is 10.1. The monoisotopic (exact) mass is 523 g/mol. The maximum absolute atomic E-state index is 12.0. The number of aryl methyl sites for hydroxylation is 1. The van der Waals surface area contributed by atoms with Gasteiger partial charge >= 0.3 is 0 Å². The van der Waals surface area contributed by atoms with Crippen molar-refractivity contribution in [1.29, 1.82) is 0 Å². The summed E-state index contributed by atoms with van der Waals surface area (Å²) in [4.78, 5) is 18.5. The third-order valence-electron chi connectivity index (χ3n) is 4.38. The molecule has 0 bridgehead atoms. The van der Waals surface area contributed by atoms with Gasteiger partial charge in [-0.15, -0.1) is 24.0 Å². The van der Waals surface area contributed by atoms with Gasteiger partial charge in [0.15, 0.2) is 5.96 Å². The van der Waals surface area contributed by atoms with E-state index in [-0.39, 0.29) is 29.9 Å². The molecule has 164 valence electrons. The third kappa shape index (κ3) is 9.13. The zero-order valence-corrected chi connectivity index (χ0v) is 20.7. The van der Waals surface area contributed by atoms with Gasteiger partial charge in [0.25, 0.3) is 0 Å². The zero-order valence-electron chi connectivity index (χ0n) is 18.4. The quantitative estimate of drug-likeness (QED) is 0.267. The van der Waals surface area contributed by atoms with Crippen molar-refractivity contribution in [3.05, 3.63) is 65.2 Å². The number of guanidine groups is 1. The second-order valence-corrected chi connectivity index (χ2v) is 7.16. The molecule has 0 unspecified atom stereocenters. The molecule has 0 atom stereocenters. The average molecular weight is 523 g/mol. The van der Waals surface area contributed by atoms with Crippen LogP contribution in [-0.4, -0.2) is 44.0 Å². The Hall–Kier alpha value is -2.13. The van der Waals surface area contributed by atoms with Crippen molar-refractivity contribution in [1.82, 2.24) is 15.5 Å². The first kappa shape index (κ1) is 25.9. The second-order valence-electron chi connectivity index (χ2n) is 7.16. The highest BCUT2D eigenvalue weighted by atomic mass is 127. The van der Waals surface area contributed by atoms with E-state index < -0.39 is 0 Å². The minimum absolute atomic E-state index is 0. The van der Waals surface area contributed by atoms with Gasteiger partial charge in [0, 0.05) is 18.8 Å². The highest BCUT2D eigenvalue weighted by Crippen LogP contribution is 2.12. The normalized spacial score (nSPS) is 11.0. The van der Waals surface area contributed by atoms with Crippen molar-refractivity contribution in [2.45, 2.75) is 33.4 Å². The van der Waals surface area contributed by atoms with Crippen LogP contribution in [0.5, 0.6) is 0 Å². The minimum Gasteiger partial charge on any atom is -0.357 e. The number of anilines is 1. The van der Waals surface area contributed by atoms with Gasteiger partial charge in [-0.3, -0.25) is 4.79 Å². The molecule has 0 spiro atoms. The summed E-state index contributed by atoms with van der Waals surface area (Å²) in [6, 6.07) is 16.3. The molecule has 2 rings (SSSR count). The summed E-state index contributed by atoms with van der Waals surface area (Å²) in [6.45, 7) is 6.64. The van der Waals surface area contributed by atoms with Crippen LogP contribution < -0.4 is 16.0 Å². The number of nitrogens with zero attached hydrogens (tertiary/aromatic N) is 2. The van der Waals surface area contributed by atoms with Crippen LogP contribution in [-0.2, 0) is 24.3 Å². The maximum Gasteiger partial charge on any atom is 0.238 e. The number of halogens is 1. The van der Waals surface area contributed by atoms with E-state index in [9.17, 15) is 4.79 Å². The molecule has 30 heavy (non-hydrogen) atoms. The van der Waals surface area contributed by atoms with Crippen LogP contribution in [0.25, 0.3) is 0 Å². The molecule has 3 N–H and O–H groups in total. The van der Waals surface area contributed by atoms with Gasteiger partial charge in [-0.05, 0) is 56.3 Å². The average Bonchev–Trinajstić information content (AvgIpc) is 2.70. The van der Waals surface area contributed by atoms with Crippen molar-refractivity contribution in [3.8, 4) is 0 Å². The van der Waals surface area contributed by atoms with E-state index >= 15 is 0 Å². The van der Waals surface area contributed by atoms with Gasteiger partial charge in [0.1, 0.15) is 0 Å². The van der Waals surface area contributed by atoms with Gasteiger partial charge < -0.3 is 20.9 Å². The van der Waals surface area contributed by atoms with E-state index in [4.69, 9.17) is 4.99 Å². The SMILES string of the molecule is CCNC(=NCc1cccc(NC(=O)CN(C)C)c1)NCc1ccccc1CC.I. The summed E-state index contributed by atoms with van der Waals surface area (Å²) in [5, 5.41) is 9.63. The maximum atomic E-state index is 12.0. The van der Waals surface area contributed by atoms with Gasteiger partial charge in [0.2, 0.25) is 5.91 Å².